The summed E-state index contributed by atoms with van der Waals surface area (Å²) >= 11 is 5.68. The summed E-state index contributed by atoms with van der Waals surface area (Å²) in [6.07, 6.45) is 0. The number of nitrogens with zero attached hydrogens (tertiary/aromatic N) is 1. The van der Waals surface area contributed by atoms with E-state index in [4.69, 9.17) is 16.0 Å². The van der Waals surface area contributed by atoms with Gasteiger partial charge in [-0.3, -0.25) is 0 Å². The Balaban J connectivity index is 2.82. The van der Waals surface area contributed by atoms with Gasteiger partial charge < -0.3 is 4.42 Å². The number of aromatic nitrogens is 1. The molecule has 2 nitrogen and oxygen atoms in total. The summed E-state index contributed by atoms with van der Waals surface area (Å²) < 4.78 is 5.30. The van der Waals surface area contributed by atoms with Crippen molar-refractivity contribution >= 4 is 22.7 Å². The van der Waals surface area contributed by atoms with E-state index in [0.29, 0.717) is 5.15 Å². The van der Waals surface area contributed by atoms with Crippen LogP contribution in [0.3, 0.4) is 0 Å². The van der Waals surface area contributed by atoms with Crippen molar-refractivity contribution < 1.29 is 4.42 Å². The minimum atomic E-state index is 0.498. The van der Waals surface area contributed by atoms with Crippen LogP contribution in [0, 0.1) is 6.92 Å². The number of halogens is 1. The van der Waals surface area contributed by atoms with Crippen molar-refractivity contribution in [1.82, 2.24) is 4.98 Å². The molecule has 3 heteroatoms. The lowest BCUT2D eigenvalue weighted by molar-refractivity contribution is 0.578. The van der Waals surface area contributed by atoms with E-state index in [9.17, 15) is 0 Å². The fourth-order valence-corrected chi connectivity index (χ4v) is 1.18. The first-order valence-corrected chi connectivity index (χ1v) is 3.66. The molecule has 0 amide bonds. The molecule has 2 aromatic heterocycles. The fraction of sp³-hybridized carbons (Fsp3) is 0.125. The highest BCUT2D eigenvalue weighted by Crippen LogP contribution is 2.18. The quantitative estimate of drug-likeness (QED) is 0.564. The summed E-state index contributed by atoms with van der Waals surface area (Å²) in [5.74, 6) is 0.856. The third kappa shape index (κ3) is 1.10. The molecule has 2 rings (SSSR count). The zero-order chi connectivity index (χ0) is 7.84. The predicted octanol–water partition coefficient (Wildman–Crippen LogP) is 2.79. The number of rotatable bonds is 0. The third-order valence-corrected chi connectivity index (χ3v) is 1.67. The Morgan fingerprint density at radius 3 is 3.09 bits per heavy atom. The van der Waals surface area contributed by atoms with Crippen LogP contribution in [0.2, 0.25) is 5.15 Å². The van der Waals surface area contributed by atoms with Crippen molar-refractivity contribution in [3.63, 3.8) is 0 Å². The van der Waals surface area contributed by atoms with Crippen LogP contribution in [0.4, 0.5) is 0 Å². The number of fused-ring (bicyclic) bond motifs is 1. The molecular weight excluding hydrogens is 162 g/mol. The molecule has 56 valence electrons. The summed E-state index contributed by atoms with van der Waals surface area (Å²) in [6.45, 7) is 1.88. The molecule has 0 aliphatic heterocycles. The molecule has 0 saturated carbocycles. The van der Waals surface area contributed by atoms with E-state index in [2.05, 4.69) is 4.98 Å². The Kier molecular flexibility index (Phi) is 1.36. The summed E-state index contributed by atoms with van der Waals surface area (Å²) in [4.78, 5) is 4.07. The van der Waals surface area contributed by atoms with Crippen LogP contribution in [0.5, 0.6) is 0 Å². The average molecular weight is 168 g/mol. The molecule has 2 heterocycles. The summed E-state index contributed by atoms with van der Waals surface area (Å²) in [5.41, 5.74) is 1.60. The lowest BCUT2D eigenvalue weighted by Gasteiger charge is -1.86. The lowest BCUT2D eigenvalue weighted by atomic mass is 10.4. The Labute approximate surface area is 68.8 Å². The Hall–Kier alpha value is -1.02. The maximum absolute atomic E-state index is 5.68. The zero-order valence-electron chi connectivity index (χ0n) is 5.97. The van der Waals surface area contributed by atoms with Gasteiger partial charge in [-0.1, -0.05) is 11.6 Å². The number of pyridine rings is 1. The second-order valence-corrected chi connectivity index (χ2v) is 2.76. The fourth-order valence-electron chi connectivity index (χ4n) is 1.02. The van der Waals surface area contributed by atoms with E-state index in [-0.39, 0.29) is 0 Å². The van der Waals surface area contributed by atoms with Crippen LogP contribution in [-0.4, -0.2) is 4.98 Å². The van der Waals surface area contributed by atoms with Gasteiger partial charge >= 0.3 is 0 Å². The van der Waals surface area contributed by atoms with E-state index >= 15 is 0 Å². The van der Waals surface area contributed by atoms with Gasteiger partial charge in [-0.15, -0.1) is 0 Å². The van der Waals surface area contributed by atoms with Gasteiger partial charge in [0.1, 0.15) is 16.4 Å². The zero-order valence-corrected chi connectivity index (χ0v) is 6.72. The largest absolute Gasteiger partial charge is 0.460 e. The monoisotopic (exact) mass is 167 g/mol. The molecular formula is C8H6ClNO. The van der Waals surface area contributed by atoms with Gasteiger partial charge in [0.25, 0.3) is 0 Å². The summed E-state index contributed by atoms with van der Waals surface area (Å²) in [5, 5.41) is 0.498. The van der Waals surface area contributed by atoms with Crippen molar-refractivity contribution in [1.29, 1.82) is 0 Å². The summed E-state index contributed by atoms with van der Waals surface area (Å²) in [7, 11) is 0. The predicted molar refractivity (Wildman–Crippen MR) is 43.8 cm³/mol. The standard InChI is InChI=1S/C8H6ClNO/c1-5-4-6-7(11-5)2-3-8(9)10-6/h2-4H,1H3. The van der Waals surface area contributed by atoms with E-state index in [0.717, 1.165) is 16.9 Å². The summed E-state index contributed by atoms with van der Waals surface area (Å²) in [6, 6.07) is 5.39. The molecule has 0 aliphatic rings. The van der Waals surface area contributed by atoms with Gasteiger partial charge in [0, 0.05) is 6.07 Å². The molecule has 11 heavy (non-hydrogen) atoms. The van der Waals surface area contributed by atoms with Gasteiger partial charge in [0.05, 0.1) is 0 Å². The highest BCUT2D eigenvalue weighted by Gasteiger charge is 2.00. The minimum Gasteiger partial charge on any atom is -0.460 e. The van der Waals surface area contributed by atoms with Gasteiger partial charge in [0.15, 0.2) is 5.58 Å². The van der Waals surface area contributed by atoms with E-state index in [1.807, 2.05) is 19.1 Å². The molecule has 0 spiro atoms. The van der Waals surface area contributed by atoms with E-state index < -0.39 is 0 Å². The normalized spacial score (nSPS) is 10.7. The Morgan fingerprint density at radius 1 is 1.45 bits per heavy atom. The van der Waals surface area contributed by atoms with Crippen molar-refractivity contribution in [2.75, 3.05) is 0 Å². The SMILES string of the molecule is Cc1cc2nc(Cl)ccc2o1. The molecule has 0 atom stereocenters. The van der Waals surface area contributed by atoms with E-state index in [1.165, 1.54) is 0 Å². The van der Waals surface area contributed by atoms with Crippen LogP contribution in [0.1, 0.15) is 5.76 Å². The minimum absolute atomic E-state index is 0.498. The number of aryl methyl sites for hydroxylation is 1. The van der Waals surface area contributed by atoms with Gasteiger partial charge in [0.2, 0.25) is 0 Å². The van der Waals surface area contributed by atoms with Crippen LogP contribution in [-0.2, 0) is 0 Å². The highest BCUT2D eigenvalue weighted by molar-refractivity contribution is 6.29. The Morgan fingerprint density at radius 2 is 2.27 bits per heavy atom. The van der Waals surface area contributed by atoms with E-state index in [1.54, 1.807) is 6.07 Å². The number of furan rings is 1. The highest BCUT2D eigenvalue weighted by atomic mass is 35.5. The van der Waals surface area contributed by atoms with Crippen LogP contribution < -0.4 is 0 Å². The average Bonchev–Trinajstić information content (AvgIpc) is 2.27. The topological polar surface area (TPSA) is 26.0 Å². The maximum atomic E-state index is 5.68. The molecule has 0 aromatic carbocycles. The molecule has 0 unspecified atom stereocenters. The smallest absolute Gasteiger partial charge is 0.152 e. The van der Waals surface area contributed by atoms with Gasteiger partial charge in [-0.2, -0.15) is 0 Å². The maximum Gasteiger partial charge on any atom is 0.152 e. The molecule has 0 saturated heterocycles. The van der Waals surface area contributed by atoms with Crippen LogP contribution in [0.15, 0.2) is 22.6 Å². The molecule has 0 radical (unpaired) electrons. The van der Waals surface area contributed by atoms with Crippen LogP contribution >= 0.6 is 11.6 Å². The third-order valence-electron chi connectivity index (χ3n) is 1.46. The lowest BCUT2D eigenvalue weighted by Crippen LogP contribution is -1.71. The van der Waals surface area contributed by atoms with Crippen molar-refractivity contribution in [3.8, 4) is 0 Å². The first-order chi connectivity index (χ1) is 5.25. The van der Waals surface area contributed by atoms with Gasteiger partial charge in [-0.25, -0.2) is 4.98 Å². The molecule has 2 aromatic rings. The van der Waals surface area contributed by atoms with Crippen molar-refractivity contribution in [3.05, 3.63) is 29.1 Å². The molecule has 0 aliphatic carbocycles. The Bertz CT molecular complexity index is 394. The first kappa shape index (κ1) is 6.68. The second-order valence-electron chi connectivity index (χ2n) is 2.37. The first-order valence-electron chi connectivity index (χ1n) is 3.28. The van der Waals surface area contributed by atoms with Crippen LogP contribution in [0.25, 0.3) is 11.1 Å². The molecule has 0 fully saturated rings. The van der Waals surface area contributed by atoms with Gasteiger partial charge in [-0.05, 0) is 19.1 Å². The number of hydrogen-bond donors (Lipinski definition) is 0. The molecule has 0 N–H and O–H groups in total. The van der Waals surface area contributed by atoms with Crippen molar-refractivity contribution in [2.45, 2.75) is 6.92 Å². The second kappa shape index (κ2) is 2.24. The number of hydrogen-bond acceptors (Lipinski definition) is 2. The molecule has 0 bridgehead atoms. The van der Waals surface area contributed by atoms with Crippen molar-refractivity contribution in [2.24, 2.45) is 0 Å².